The van der Waals surface area contributed by atoms with E-state index < -0.39 is 11.7 Å². The zero-order valence-corrected chi connectivity index (χ0v) is 17.1. The van der Waals surface area contributed by atoms with Gasteiger partial charge in [0.15, 0.2) is 5.69 Å². The monoisotopic (exact) mass is 457 g/mol. The van der Waals surface area contributed by atoms with E-state index in [1.54, 1.807) is 30.8 Å². The van der Waals surface area contributed by atoms with Crippen LogP contribution in [-0.2, 0) is 12.7 Å². The number of aromatic nitrogens is 3. The first kappa shape index (κ1) is 21.3. The van der Waals surface area contributed by atoms with Crippen LogP contribution in [0.15, 0.2) is 41.6 Å². The number of nitrogens with one attached hydrogen (secondary N) is 1. The fourth-order valence-corrected chi connectivity index (χ4v) is 3.88. The maximum absolute atomic E-state index is 13.0. The molecule has 2 aromatic heterocycles. The smallest absolute Gasteiger partial charge is 0.365 e. The third-order valence-electron chi connectivity index (χ3n) is 3.92. The molecule has 3 aromatic rings. The Balaban J connectivity index is 2.12. The Kier molecular flexibility index (Phi) is 6.27. The minimum Gasteiger partial charge on any atom is -0.365 e. The molecule has 1 N–H and O–H groups in total. The minimum atomic E-state index is -4.60. The van der Waals surface area contributed by atoms with Gasteiger partial charge in [-0.2, -0.15) is 23.5 Å². The molecule has 0 atom stereocenters. The van der Waals surface area contributed by atoms with Crippen LogP contribution < -0.4 is 5.32 Å². The fourth-order valence-electron chi connectivity index (χ4n) is 2.61. The van der Waals surface area contributed by atoms with Crippen molar-refractivity contribution in [2.24, 2.45) is 0 Å². The number of halogens is 5. The van der Waals surface area contributed by atoms with Crippen LogP contribution in [0.3, 0.4) is 0 Å². The molecule has 0 spiro atoms. The van der Waals surface area contributed by atoms with Crippen LogP contribution in [0.25, 0.3) is 5.69 Å². The van der Waals surface area contributed by atoms with Gasteiger partial charge < -0.3 is 5.32 Å². The first-order valence-corrected chi connectivity index (χ1v) is 10.0. The summed E-state index contributed by atoms with van der Waals surface area (Å²) in [5.41, 5.74) is 0.0837. The van der Waals surface area contributed by atoms with E-state index in [-0.39, 0.29) is 21.4 Å². The number of rotatable bonds is 5. The lowest BCUT2D eigenvalue weighted by molar-refractivity contribution is -0.137. The van der Waals surface area contributed by atoms with Gasteiger partial charge in [-0.25, -0.2) is 4.68 Å². The Morgan fingerprint density at radius 2 is 1.83 bits per heavy atom. The predicted octanol–water partition coefficient (Wildman–Crippen LogP) is 5.80. The van der Waals surface area contributed by atoms with Crippen molar-refractivity contribution in [2.45, 2.75) is 17.6 Å². The number of alkyl halides is 3. The first-order chi connectivity index (χ1) is 13.8. The van der Waals surface area contributed by atoms with E-state index in [1.807, 2.05) is 6.07 Å². The Morgan fingerprint density at radius 1 is 1.21 bits per heavy atom. The summed E-state index contributed by atoms with van der Waals surface area (Å²) >= 11 is 13.6. The van der Waals surface area contributed by atoms with Crippen molar-refractivity contribution in [1.29, 1.82) is 5.26 Å². The van der Waals surface area contributed by atoms with Crippen LogP contribution in [0.1, 0.15) is 16.8 Å². The largest absolute Gasteiger partial charge is 0.416 e. The zero-order valence-electron chi connectivity index (χ0n) is 14.8. The molecule has 3 rings (SSSR count). The average molecular weight is 458 g/mol. The topological polar surface area (TPSA) is 66.5 Å². The van der Waals surface area contributed by atoms with Crippen molar-refractivity contribution in [3.63, 3.8) is 0 Å². The molecule has 0 aliphatic heterocycles. The second-order valence-corrected chi connectivity index (χ2v) is 7.38. The van der Waals surface area contributed by atoms with E-state index in [0.717, 1.165) is 17.7 Å². The molecule has 0 saturated heterocycles. The molecule has 0 radical (unpaired) electrons. The van der Waals surface area contributed by atoms with Crippen LogP contribution in [0.5, 0.6) is 0 Å². The molecule has 0 aliphatic carbocycles. The van der Waals surface area contributed by atoms with Gasteiger partial charge in [0.25, 0.3) is 0 Å². The molecular weight excluding hydrogens is 446 g/mol. The van der Waals surface area contributed by atoms with Crippen LogP contribution in [0.4, 0.5) is 19.0 Å². The summed E-state index contributed by atoms with van der Waals surface area (Å²) in [6, 6.07) is 7.14. The van der Waals surface area contributed by atoms with Gasteiger partial charge in [-0.05, 0) is 36.1 Å². The summed E-state index contributed by atoms with van der Waals surface area (Å²) in [5, 5.41) is 16.3. The summed E-state index contributed by atoms with van der Waals surface area (Å²) in [7, 11) is 0. The molecule has 0 fully saturated rings. The van der Waals surface area contributed by atoms with Crippen LogP contribution in [0, 0.1) is 11.3 Å². The van der Waals surface area contributed by atoms with E-state index in [2.05, 4.69) is 15.4 Å². The molecule has 1 aromatic carbocycles. The number of pyridine rings is 1. The highest BCUT2D eigenvalue weighted by molar-refractivity contribution is 7.98. The van der Waals surface area contributed by atoms with E-state index in [4.69, 9.17) is 23.2 Å². The Hall–Kier alpha value is -2.41. The molecule has 0 unspecified atom stereocenters. The first-order valence-electron chi connectivity index (χ1n) is 8.02. The predicted molar refractivity (Wildman–Crippen MR) is 107 cm³/mol. The molecule has 0 amide bonds. The fraction of sp³-hybridized carbons (Fsp3) is 0.167. The van der Waals surface area contributed by atoms with Gasteiger partial charge in [-0.3, -0.25) is 4.98 Å². The molecule has 150 valence electrons. The van der Waals surface area contributed by atoms with Crippen molar-refractivity contribution in [1.82, 2.24) is 14.8 Å². The summed E-state index contributed by atoms with van der Waals surface area (Å²) in [5.74, 6) is 0.398. The third-order valence-corrected chi connectivity index (χ3v) is 5.29. The second-order valence-electron chi connectivity index (χ2n) is 5.75. The summed E-state index contributed by atoms with van der Waals surface area (Å²) in [4.78, 5) is 4.47. The van der Waals surface area contributed by atoms with Crippen LogP contribution in [-0.4, -0.2) is 21.0 Å². The SMILES string of the molecule is CSc1c(C#N)nn(-c2c(Cl)cc(C(F)(F)F)cc2Cl)c1NCc1ccncc1. The highest BCUT2D eigenvalue weighted by Crippen LogP contribution is 2.40. The molecule has 0 aliphatic rings. The van der Waals surface area contributed by atoms with Gasteiger partial charge in [-0.1, -0.05) is 23.2 Å². The number of thioether (sulfide) groups is 1. The normalized spacial score (nSPS) is 11.3. The van der Waals surface area contributed by atoms with Gasteiger partial charge in [0, 0.05) is 18.9 Å². The standard InChI is InChI=1S/C18H12Cl2F3N5S/c1-29-16-14(8-24)27-28(17(16)26-9-10-2-4-25-5-3-10)15-12(19)6-11(7-13(15)20)18(21,22)23/h2-7,26H,9H2,1H3. The number of benzene rings is 1. The molecule has 29 heavy (non-hydrogen) atoms. The third kappa shape index (κ3) is 4.45. The van der Waals surface area contributed by atoms with Crippen LogP contribution >= 0.6 is 35.0 Å². The number of hydrogen-bond acceptors (Lipinski definition) is 5. The number of anilines is 1. The van der Waals surface area contributed by atoms with E-state index in [1.165, 1.54) is 16.4 Å². The lowest BCUT2D eigenvalue weighted by Crippen LogP contribution is -2.10. The van der Waals surface area contributed by atoms with Gasteiger partial charge in [0.2, 0.25) is 0 Å². The quantitative estimate of drug-likeness (QED) is 0.490. The zero-order chi connectivity index (χ0) is 21.2. The molecule has 2 heterocycles. The van der Waals surface area contributed by atoms with Gasteiger partial charge in [0.05, 0.1) is 20.5 Å². The molecule has 5 nitrogen and oxygen atoms in total. The summed E-state index contributed by atoms with van der Waals surface area (Å²) in [6.07, 6.45) is 0.429. The minimum absolute atomic E-state index is 0.0513. The van der Waals surface area contributed by atoms with Crippen LogP contribution in [0.2, 0.25) is 10.0 Å². The lowest BCUT2D eigenvalue weighted by atomic mass is 10.2. The maximum Gasteiger partial charge on any atom is 0.416 e. The molecule has 0 saturated carbocycles. The summed E-state index contributed by atoms with van der Waals surface area (Å²) < 4.78 is 40.4. The van der Waals surface area contributed by atoms with Crippen molar-refractivity contribution in [3.8, 4) is 11.8 Å². The van der Waals surface area contributed by atoms with Crippen molar-refractivity contribution in [3.05, 3.63) is 63.5 Å². The molecule has 11 heteroatoms. The maximum atomic E-state index is 13.0. The second kappa shape index (κ2) is 8.53. The Labute approximate surface area is 178 Å². The molecular formula is C18H12Cl2F3N5S. The van der Waals surface area contributed by atoms with Gasteiger partial charge in [0.1, 0.15) is 17.6 Å². The number of hydrogen-bond donors (Lipinski definition) is 1. The van der Waals surface area contributed by atoms with Crippen molar-refractivity contribution in [2.75, 3.05) is 11.6 Å². The van der Waals surface area contributed by atoms with Crippen molar-refractivity contribution < 1.29 is 13.2 Å². The van der Waals surface area contributed by atoms with E-state index in [9.17, 15) is 18.4 Å². The van der Waals surface area contributed by atoms with Crippen molar-refractivity contribution >= 4 is 40.8 Å². The van der Waals surface area contributed by atoms with E-state index in [0.29, 0.717) is 17.3 Å². The number of nitrogens with zero attached hydrogens (tertiary/aromatic N) is 4. The number of nitriles is 1. The molecule has 0 bridgehead atoms. The highest BCUT2D eigenvalue weighted by Gasteiger charge is 2.33. The van der Waals surface area contributed by atoms with Gasteiger partial charge in [-0.15, -0.1) is 11.8 Å². The van der Waals surface area contributed by atoms with Gasteiger partial charge >= 0.3 is 6.18 Å². The summed E-state index contributed by atoms with van der Waals surface area (Å²) in [6.45, 7) is 0.364. The average Bonchev–Trinajstić information content (AvgIpc) is 3.03. The lowest BCUT2D eigenvalue weighted by Gasteiger charge is -2.15. The highest BCUT2D eigenvalue weighted by atomic mass is 35.5. The Morgan fingerprint density at radius 3 is 2.34 bits per heavy atom. The van der Waals surface area contributed by atoms with E-state index >= 15 is 0 Å². The Bertz CT molecular complexity index is 1050.